The van der Waals surface area contributed by atoms with E-state index < -0.39 is 0 Å². The summed E-state index contributed by atoms with van der Waals surface area (Å²) in [7, 11) is 4.01. The number of pyridine rings is 1. The van der Waals surface area contributed by atoms with Gasteiger partial charge in [-0.2, -0.15) is 0 Å². The van der Waals surface area contributed by atoms with E-state index in [0.717, 1.165) is 60.3 Å². The number of nitrogens with zero attached hydrogens (tertiary/aromatic N) is 4. The molecular weight excluding hydrogens is 382 g/mol. The standard InChI is InChI=1S/C22H31N5OS/c1-15(2)21-25-19-20(18-16(7-5-9-23-18)13-24-22(19)29-21)27-11-10-26(3)17(14-27)8-6-12-28-4/h5,7,9,13,15,17,24H,6,8,10-12,14H2,1-4H3. The molecule has 1 unspecified atom stereocenters. The number of hydrogen-bond donors (Lipinski definition) is 1. The number of thiazole rings is 1. The summed E-state index contributed by atoms with van der Waals surface area (Å²) in [4.78, 5) is 14.8. The van der Waals surface area contributed by atoms with E-state index in [0.29, 0.717) is 12.0 Å². The molecule has 0 amide bonds. The van der Waals surface area contributed by atoms with E-state index in [9.17, 15) is 0 Å². The Hall–Kier alpha value is -1.96. The van der Waals surface area contributed by atoms with E-state index in [2.05, 4.69) is 48.3 Å². The van der Waals surface area contributed by atoms with Crippen LogP contribution in [-0.4, -0.2) is 66.2 Å². The molecule has 0 aromatic carbocycles. The second-order valence-electron chi connectivity index (χ2n) is 8.18. The molecule has 1 N–H and O–H groups in total. The van der Waals surface area contributed by atoms with Crippen LogP contribution in [0.25, 0.3) is 11.9 Å². The van der Waals surface area contributed by atoms with Gasteiger partial charge in [-0.1, -0.05) is 13.8 Å². The molecule has 4 heterocycles. The van der Waals surface area contributed by atoms with Gasteiger partial charge in [-0.3, -0.25) is 9.88 Å². The van der Waals surface area contributed by atoms with Gasteiger partial charge in [-0.25, -0.2) is 4.98 Å². The third-order valence-electron chi connectivity index (χ3n) is 5.76. The quantitative estimate of drug-likeness (QED) is 0.732. The maximum atomic E-state index is 5.28. The Labute approximate surface area is 176 Å². The summed E-state index contributed by atoms with van der Waals surface area (Å²) >= 11 is 1.76. The van der Waals surface area contributed by atoms with Crippen LogP contribution in [0, 0.1) is 0 Å². The van der Waals surface area contributed by atoms with Crippen molar-refractivity contribution in [2.75, 3.05) is 45.7 Å². The number of ether oxygens (including phenoxy) is 1. The predicted octanol–water partition coefficient (Wildman–Crippen LogP) is 2.02. The van der Waals surface area contributed by atoms with Crippen molar-refractivity contribution in [1.82, 2.24) is 19.8 Å². The van der Waals surface area contributed by atoms with E-state index >= 15 is 0 Å². The zero-order chi connectivity index (χ0) is 20.4. The first-order chi connectivity index (χ1) is 14.1. The fraction of sp³-hybridized carbons (Fsp3) is 0.545. The molecule has 1 saturated heterocycles. The number of likely N-dealkylation sites (N-methyl/N-ethyl adjacent to an activating group) is 1. The fourth-order valence-electron chi connectivity index (χ4n) is 4.05. The highest BCUT2D eigenvalue weighted by Crippen LogP contribution is 2.35. The van der Waals surface area contributed by atoms with Crippen molar-refractivity contribution < 1.29 is 4.74 Å². The van der Waals surface area contributed by atoms with Crippen molar-refractivity contribution in [2.45, 2.75) is 38.6 Å². The Morgan fingerprint density at radius 1 is 1.34 bits per heavy atom. The monoisotopic (exact) mass is 413 g/mol. The Bertz CT molecular complexity index is 970. The zero-order valence-electron chi connectivity index (χ0n) is 17.8. The van der Waals surface area contributed by atoms with Gasteiger partial charge in [0.1, 0.15) is 10.7 Å². The molecule has 0 spiro atoms. The summed E-state index contributed by atoms with van der Waals surface area (Å²) < 4.78 is 5.28. The third-order valence-corrected chi connectivity index (χ3v) is 7.05. The summed E-state index contributed by atoms with van der Waals surface area (Å²) in [6.07, 6.45) is 6.18. The van der Waals surface area contributed by atoms with Crippen LogP contribution in [-0.2, 0) is 4.74 Å². The van der Waals surface area contributed by atoms with Crippen molar-refractivity contribution in [1.29, 1.82) is 0 Å². The first-order valence-corrected chi connectivity index (χ1v) is 11.3. The van der Waals surface area contributed by atoms with Gasteiger partial charge >= 0.3 is 0 Å². The number of aromatic nitrogens is 2. The van der Waals surface area contributed by atoms with E-state index in [1.165, 1.54) is 10.7 Å². The van der Waals surface area contributed by atoms with E-state index in [1.807, 2.05) is 12.3 Å². The average molecular weight is 414 g/mol. The van der Waals surface area contributed by atoms with E-state index in [1.54, 1.807) is 18.4 Å². The molecule has 29 heavy (non-hydrogen) atoms. The summed E-state index contributed by atoms with van der Waals surface area (Å²) in [6, 6.07) is 4.63. The van der Waals surface area contributed by atoms with E-state index in [-0.39, 0.29) is 0 Å². The van der Waals surface area contributed by atoms with Crippen molar-refractivity contribution in [3.8, 4) is 0 Å². The molecule has 4 rings (SSSR count). The van der Waals surface area contributed by atoms with E-state index in [4.69, 9.17) is 14.7 Å². The molecule has 0 aliphatic carbocycles. The highest BCUT2D eigenvalue weighted by molar-refractivity contribution is 7.16. The molecule has 2 aromatic heterocycles. The second-order valence-corrected chi connectivity index (χ2v) is 9.21. The van der Waals surface area contributed by atoms with Gasteiger partial charge in [0, 0.05) is 62.9 Å². The van der Waals surface area contributed by atoms with Crippen LogP contribution in [0.15, 0.2) is 18.3 Å². The molecule has 0 bridgehead atoms. The normalized spacial score (nSPS) is 19.4. The van der Waals surface area contributed by atoms with Gasteiger partial charge in [-0.05, 0) is 32.0 Å². The lowest BCUT2D eigenvalue weighted by Gasteiger charge is -2.41. The number of nitrogens with one attached hydrogen (secondary N) is 1. The molecule has 6 nitrogen and oxygen atoms in total. The van der Waals surface area contributed by atoms with Gasteiger partial charge in [0.05, 0.1) is 16.1 Å². The SMILES string of the molecule is COCCCC1CN(C2=c3ncccc3=CNc3sc(C(C)C)nc32)CCN1C. The molecular formula is C22H31N5OS. The van der Waals surface area contributed by atoms with Gasteiger partial charge < -0.3 is 15.0 Å². The number of hydrogen-bond acceptors (Lipinski definition) is 7. The molecule has 2 aliphatic heterocycles. The molecule has 0 radical (unpaired) electrons. The Kier molecular flexibility index (Phi) is 6.18. The highest BCUT2D eigenvalue weighted by atomic mass is 32.1. The van der Waals surface area contributed by atoms with Crippen LogP contribution in [0.3, 0.4) is 0 Å². The minimum atomic E-state index is 0.410. The number of rotatable bonds is 6. The lowest BCUT2D eigenvalue weighted by atomic mass is 10.1. The second kappa shape index (κ2) is 8.81. The lowest BCUT2D eigenvalue weighted by molar-refractivity contribution is 0.113. The van der Waals surface area contributed by atoms with Gasteiger partial charge in [-0.15, -0.1) is 11.3 Å². The summed E-state index contributed by atoms with van der Waals surface area (Å²) in [5.74, 6) is 0.410. The van der Waals surface area contributed by atoms with Crippen molar-refractivity contribution in [3.05, 3.63) is 39.6 Å². The molecule has 156 valence electrons. The zero-order valence-corrected chi connectivity index (χ0v) is 18.6. The molecule has 0 saturated carbocycles. The van der Waals surface area contributed by atoms with Crippen LogP contribution in [0.4, 0.5) is 5.00 Å². The van der Waals surface area contributed by atoms with Crippen LogP contribution >= 0.6 is 11.3 Å². The van der Waals surface area contributed by atoms with Crippen molar-refractivity contribution >= 4 is 28.2 Å². The predicted molar refractivity (Wildman–Crippen MR) is 119 cm³/mol. The molecule has 1 atom stereocenters. The Morgan fingerprint density at radius 2 is 2.21 bits per heavy atom. The molecule has 1 fully saturated rings. The van der Waals surface area contributed by atoms with Gasteiger partial charge in [0.2, 0.25) is 0 Å². The van der Waals surface area contributed by atoms with Crippen LogP contribution < -0.4 is 15.9 Å². The van der Waals surface area contributed by atoms with Gasteiger partial charge in [0.15, 0.2) is 0 Å². The lowest BCUT2D eigenvalue weighted by Crippen LogP contribution is -2.52. The topological polar surface area (TPSA) is 53.5 Å². The number of methoxy groups -OCH3 is 1. The number of fused-ring (bicyclic) bond motifs is 2. The first-order valence-electron chi connectivity index (χ1n) is 10.5. The maximum absolute atomic E-state index is 5.28. The summed E-state index contributed by atoms with van der Waals surface area (Å²) in [5, 5.41) is 7.94. The minimum absolute atomic E-state index is 0.410. The first kappa shape index (κ1) is 20.3. The average Bonchev–Trinajstić information content (AvgIpc) is 3.07. The minimum Gasteiger partial charge on any atom is -0.385 e. The largest absolute Gasteiger partial charge is 0.385 e. The van der Waals surface area contributed by atoms with Crippen molar-refractivity contribution in [2.24, 2.45) is 0 Å². The van der Waals surface area contributed by atoms with Crippen LogP contribution in [0.5, 0.6) is 0 Å². The van der Waals surface area contributed by atoms with Crippen LogP contribution in [0.2, 0.25) is 0 Å². The third kappa shape index (κ3) is 4.17. The summed E-state index contributed by atoms with van der Waals surface area (Å²) in [5.41, 5.74) is 2.22. The molecule has 2 aromatic rings. The Morgan fingerprint density at radius 3 is 3.00 bits per heavy atom. The van der Waals surface area contributed by atoms with Crippen LogP contribution in [0.1, 0.15) is 43.3 Å². The number of piperazine rings is 1. The molecule has 7 heteroatoms. The molecule has 2 aliphatic rings. The summed E-state index contributed by atoms with van der Waals surface area (Å²) in [6.45, 7) is 8.23. The maximum Gasteiger partial charge on any atom is 0.124 e. The highest BCUT2D eigenvalue weighted by Gasteiger charge is 2.30. The van der Waals surface area contributed by atoms with Gasteiger partial charge in [0.25, 0.3) is 0 Å². The smallest absolute Gasteiger partial charge is 0.124 e. The van der Waals surface area contributed by atoms with Crippen molar-refractivity contribution in [3.63, 3.8) is 0 Å². The number of anilines is 1. The fourth-order valence-corrected chi connectivity index (χ4v) is 4.99. The Balaban J connectivity index is 1.76.